The molecule has 2 unspecified atom stereocenters. The maximum absolute atomic E-state index is 11.4. The van der Waals surface area contributed by atoms with Crippen molar-refractivity contribution >= 4 is 12.2 Å². The van der Waals surface area contributed by atoms with Crippen LogP contribution in [0.4, 0.5) is 4.79 Å². The van der Waals surface area contributed by atoms with Crippen molar-refractivity contribution in [1.82, 2.24) is 5.32 Å². The Morgan fingerprint density at radius 1 is 1.45 bits per heavy atom. The van der Waals surface area contributed by atoms with E-state index in [0.717, 1.165) is 19.3 Å². The van der Waals surface area contributed by atoms with E-state index >= 15 is 0 Å². The average Bonchev–Trinajstić information content (AvgIpc) is 2.32. The normalized spacial score (nSPS) is 28.3. The van der Waals surface area contributed by atoms with Crippen LogP contribution in [0.25, 0.3) is 0 Å². The number of carbonyl (C=O) groups excluding carboxylic acids is 2. The second-order valence-electron chi connectivity index (χ2n) is 6.65. The van der Waals surface area contributed by atoms with Crippen molar-refractivity contribution in [2.75, 3.05) is 19.8 Å². The molecule has 6 heteroatoms. The minimum Gasteiger partial charge on any atom is -0.447 e. The summed E-state index contributed by atoms with van der Waals surface area (Å²) in [6, 6.07) is -0.0449. The van der Waals surface area contributed by atoms with E-state index in [1.165, 1.54) is 0 Å². The summed E-state index contributed by atoms with van der Waals surface area (Å²) in [6.07, 6.45) is 3.64. The zero-order valence-corrected chi connectivity index (χ0v) is 12.4. The summed E-state index contributed by atoms with van der Waals surface area (Å²) in [4.78, 5) is 25.8. The zero-order valence-electron chi connectivity index (χ0n) is 12.4. The van der Waals surface area contributed by atoms with Crippen LogP contribution < -0.4 is 5.32 Å². The van der Waals surface area contributed by atoms with E-state index < -0.39 is 6.09 Å². The molecule has 0 aromatic rings. The lowest BCUT2D eigenvalue weighted by Crippen LogP contribution is -2.45. The van der Waals surface area contributed by atoms with Gasteiger partial charge in [-0.2, -0.15) is 0 Å². The molecule has 20 heavy (non-hydrogen) atoms. The molecule has 0 bridgehead atoms. The molecule has 1 rings (SSSR count). The first-order chi connectivity index (χ1) is 9.30. The Morgan fingerprint density at radius 2 is 2.15 bits per heavy atom. The lowest BCUT2D eigenvalue weighted by molar-refractivity contribution is 0.0755. The molecule has 1 amide bonds. The molecule has 0 saturated heterocycles. The third-order valence-electron chi connectivity index (χ3n) is 3.64. The molecule has 1 saturated carbocycles. The summed E-state index contributed by atoms with van der Waals surface area (Å²) in [5, 5.41) is 11.3. The highest BCUT2D eigenvalue weighted by Gasteiger charge is 2.41. The number of amides is 1. The Hall–Kier alpha value is -1.39. The second-order valence-corrected chi connectivity index (χ2v) is 6.65. The van der Waals surface area contributed by atoms with Crippen LogP contribution in [0.15, 0.2) is 4.99 Å². The SMILES string of the molecule is CC1(C)CC(N=C=O)CC(C)(CNC(=O)OCCO)C1. The molecule has 1 aliphatic rings. The van der Waals surface area contributed by atoms with Crippen molar-refractivity contribution in [2.24, 2.45) is 15.8 Å². The molecule has 0 aromatic carbocycles. The molecule has 1 fully saturated rings. The van der Waals surface area contributed by atoms with Gasteiger partial charge in [0, 0.05) is 6.54 Å². The Morgan fingerprint density at radius 3 is 2.75 bits per heavy atom. The number of nitrogens with zero attached hydrogens (tertiary/aromatic N) is 1. The van der Waals surface area contributed by atoms with Gasteiger partial charge in [-0.3, -0.25) is 0 Å². The number of rotatable bonds is 5. The molecule has 0 radical (unpaired) electrons. The van der Waals surface area contributed by atoms with Crippen LogP contribution in [-0.4, -0.2) is 43.1 Å². The van der Waals surface area contributed by atoms with E-state index in [9.17, 15) is 9.59 Å². The van der Waals surface area contributed by atoms with Gasteiger partial charge in [0.25, 0.3) is 0 Å². The predicted molar refractivity (Wildman–Crippen MR) is 74.1 cm³/mol. The summed E-state index contributed by atoms with van der Waals surface area (Å²) < 4.78 is 4.77. The smallest absolute Gasteiger partial charge is 0.407 e. The quantitative estimate of drug-likeness (QED) is 0.593. The summed E-state index contributed by atoms with van der Waals surface area (Å²) >= 11 is 0. The standard InChI is InChI=1S/C14H24N2O4/c1-13(2)6-11(16-10-18)7-14(3,8-13)9-15-12(19)20-5-4-17/h11,17H,4-9H2,1-3H3,(H,15,19). The van der Waals surface area contributed by atoms with Gasteiger partial charge in [0.2, 0.25) is 6.08 Å². The number of alkyl carbamates (subject to hydrolysis) is 1. The first-order valence-electron chi connectivity index (χ1n) is 6.89. The molecule has 0 spiro atoms. The second kappa shape index (κ2) is 6.86. The molecular formula is C14H24N2O4. The first kappa shape index (κ1) is 16.7. The Kier molecular flexibility index (Phi) is 5.72. The first-order valence-corrected chi connectivity index (χ1v) is 6.89. The summed E-state index contributed by atoms with van der Waals surface area (Å²) in [7, 11) is 0. The van der Waals surface area contributed by atoms with Gasteiger partial charge in [-0.15, -0.1) is 0 Å². The lowest BCUT2D eigenvalue weighted by atomic mass is 9.63. The monoisotopic (exact) mass is 284 g/mol. The van der Waals surface area contributed by atoms with E-state index in [-0.39, 0.29) is 30.1 Å². The molecule has 6 nitrogen and oxygen atoms in total. The fourth-order valence-electron chi connectivity index (χ4n) is 3.35. The Balaban J connectivity index is 2.61. The zero-order chi connectivity index (χ0) is 15.2. The third-order valence-corrected chi connectivity index (χ3v) is 3.64. The largest absolute Gasteiger partial charge is 0.447 e. The van der Waals surface area contributed by atoms with E-state index in [4.69, 9.17) is 9.84 Å². The van der Waals surface area contributed by atoms with Crippen LogP contribution in [-0.2, 0) is 9.53 Å². The van der Waals surface area contributed by atoms with Gasteiger partial charge in [-0.05, 0) is 30.1 Å². The highest BCUT2D eigenvalue weighted by Crippen LogP contribution is 2.46. The average molecular weight is 284 g/mol. The molecular weight excluding hydrogens is 260 g/mol. The minimum absolute atomic E-state index is 0.00784. The van der Waals surface area contributed by atoms with Crippen molar-refractivity contribution < 1.29 is 19.4 Å². The molecule has 114 valence electrons. The Bertz CT molecular complexity index is 391. The van der Waals surface area contributed by atoms with E-state index in [2.05, 4.69) is 31.1 Å². The topological polar surface area (TPSA) is 88.0 Å². The van der Waals surface area contributed by atoms with Crippen LogP contribution in [0.5, 0.6) is 0 Å². The van der Waals surface area contributed by atoms with Crippen molar-refractivity contribution in [3.8, 4) is 0 Å². The van der Waals surface area contributed by atoms with E-state index in [1.807, 2.05) is 0 Å². The molecule has 0 aliphatic heterocycles. The molecule has 0 aromatic heterocycles. The summed E-state index contributed by atoms with van der Waals surface area (Å²) in [5.74, 6) is 0. The van der Waals surface area contributed by atoms with Crippen molar-refractivity contribution in [2.45, 2.75) is 46.1 Å². The maximum atomic E-state index is 11.4. The highest BCUT2D eigenvalue weighted by molar-refractivity contribution is 5.67. The lowest BCUT2D eigenvalue weighted by Gasteiger charge is -2.45. The minimum atomic E-state index is -0.529. The predicted octanol–water partition coefficient (Wildman–Crippen LogP) is 1.63. The fraction of sp³-hybridized carbons (Fsp3) is 0.857. The van der Waals surface area contributed by atoms with Gasteiger partial charge in [-0.1, -0.05) is 20.8 Å². The van der Waals surface area contributed by atoms with Crippen LogP contribution in [0.3, 0.4) is 0 Å². The summed E-state index contributed by atoms with van der Waals surface area (Å²) in [6.45, 7) is 6.63. The number of ether oxygens (including phenoxy) is 1. The van der Waals surface area contributed by atoms with Crippen LogP contribution >= 0.6 is 0 Å². The molecule has 0 heterocycles. The van der Waals surface area contributed by atoms with Crippen molar-refractivity contribution in [1.29, 1.82) is 0 Å². The molecule has 2 atom stereocenters. The van der Waals surface area contributed by atoms with Gasteiger partial charge in [-0.25, -0.2) is 14.6 Å². The van der Waals surface area contributed by atoms with E-state index in [0.29, 0.717) is 6.54 Å². The number of aliphatic imine (C=N–C) groups is 1. The Labute approximate surface area is 119 Å². The maximum Gasteiger partial charge on any atom is 0.407 e. The van der Waals surface area contributed by atoms with E-state index in [1.54, 1.807) is 6.08 Å². The number of aliphatic hydroxyl groups excluding tert-OH is 1. The van der Waals surface area contributed by atoms with Crippen molar-refractivity contribution in [3.63, 3.8) is 0 Å². The third kappa shape index (κ3) is 5.31. The number of hydrogen-bond donors (Lipinski definition) is 2. The van der Waals surface area contributed by atoms with Gasteiger partial charge < -0.3 is 15.2 Å². The number of carbonyl (C=O) groups is 1. The van der Waals surface area contributed by atoms with Crippen LogP contribution in [0, 0.1) is 10.8 Å². The summed E-state index contributed by atoms with van der Waals surface area (Å²) in [5.41, 5.74) is -0.0697. The number of hydrogen-bond acceptors (Lipinski definition) is 5. The van der Waals surface area contributed by atoms with Crippen LogP contribution in [0.2, 0.25) is 0 Å². The number of aliphatic hydroxyl groups is 1. The van der Waals surface area contributed by atoms with Gasteiger partial charge in [0.05, 0.1) is 12.6 Å². The van der Waals surface area contributed by atoms with Gasteiger partial charge in [0.15, 0.2) is 0 Å². The number of nitrogens with one attached hydrogen (secondary N) is 1. The number of isocyanates is 1. The van der Waals surface area contributed by atoms with Gasteiger partial charge >= 0.3 is 6.09 Å². The fourth-order valence-corrected chi connectivity index (χ4v) is 3.35. The molecule has 1 aliphatic carbocycles. The van der Waals surface area contributed by atoms with Crippen LogP contribution in [0.1, 0.15) is 40.0 Å². The van der Waals surface area contributed by atoms with Gasteiger partial charge in [0.1, 0.15) is 6.61 Å². The highest BCUT2D eigenvalue weighted by atomic mass is 16.6. The van der Waals surface area contributed by atoms with Crippen molar-refractivity contribution in [3.05, 3.63) is 0 Å². The molecule has 2 N–H and O–H groups in total.